The Morgan fingerprint density at radius 3 is 2.44 bits per heavy atom. The zero-order valence-electron chi connectivity index (χ0n) is 22.7. The minimum Gasteiger partial charge on any atom is -0.401 e. The smallest absolute Gasteiger partial charge is 0.153 e. The highest BCUT2D eigenvalue weighted by molar-refractivity contribution is 6.10. The summed E-state index contributed by atoms with van der Waals surface area (Å²) in [4.78, 5) is 12.3. The van der Waals surface area contributed by atoms with Crippen molar-refractivity contribution < 1.29 is 9.47 Å². The van der Waals surface area contributed by atoms with Gasteiger partial charge in [-0.15, -0.1) is 0 Å². The van der Waals surface area contributed by atoms with E-state index in [-0.39, 0.29) is 6.04 Å². The number of hydrazine groups is 1. The highest BCUT2D eigenvalue weighted by Crippen LogP contribution is 2.43. The standard InChI is InChI=1S/C30H37N7O2/c1-20(31)27(35(2)32)23-18-25-26(34-19-23)24-8-11-33-30(36-12-16-39-17-13-36)29(24)37(25)28(21-6-4-3-5-7-21)22-9-14-38-15-10-22/h3-8,11,18-19,22,28H,9-10,12-17,31-32H2,1-2H3/b27-20-. The molecular weight excluding hydrogens is 490 g/mol. The molecule has 9 nitrogen and oxygen atoms in total. The molecule has 2 aliphatic heterocycles. The zero-order chi connectivity index (χ0) is 26.9. The lowest BCUT2D eigenvalue weighted by atomic mass is 9.86. The van der Waals surface area contributed by atoms with Crippen molar-refractivity contribution in [3.63, 3.8) is 0 Å². The van der Waals surface area contributed by atoms with Gasteiger partial charge >= 0.3 is 0 Å². The molecular formula is C30H37N7O2. The highest BCUT2D eigenvalue weighted by Gasteiger charge is 2.32. The molecule has 3 aromatic heterocycles. The zero-order valence-corrected chi connectivity index (χ0v) is 22.7. The molecule has 2 saturated heterocycles. The van der Waals surface area contributed by atoms with Gasteiger partial charge in [-0.05, 0) is 43.4 Å². The van der Waals surface area contributed by atoms with Crippen LogP contribution < -0.4 is 16.5 Å². The van der Waals surface area contributed by atoms with Gasteiger partial charge in [0, 0.05) is 62.4 Å². The van der Waals surface area contributed by atoms with E-state index in [1.165, 1.54) is 5.56 Å². The normalized spacial score (nSPS) is 18.4. The Balaban J connectivity index is 1.69. The van der Waals surface area contributed by atoms with Gasteiger partial charge in [0.1, 0.15) is 0 Å². The maximum atomic E-state index is 6.30. The Hall–Kier alpha value is -3.66. The average molecular weight is 528 g/mol. The summed E-state index contributed by atoms with van der Waals surface area (Å²) in [5.41, 5.74) is 13.0. The average Bonchev–Trinajstić information content (AvgIpc) is 3.28. The van der Waals surface area contributed by atoms with Crippen LogP contribution in [-0.4, -0.2) is 66.1 Å². The lowest BCUT2D eigenvalue weighted by Crippen LogP contribution is -2.37. The molecule has 4 aromatic rings. The number of fused-ring (bicyclic) bond motifs is 3. The van der Waals surface area contributed by atoms with Crippen LogP contribution in [0.5, 0.6) is 0 Å². The lowest BCUT2D eigenvalue weighted by Gasteiger charge is -2.34. The second-order valence-electron chi connectivity index (χ2n) is 10.5. The molecule has 39 heavy (non-hydrogen) atoms. The second-order valence-corrected chi connectivity index (χ2v) is 10.5. The van der Waals surface area contributed by atoms with Crippen LogP contribution in [0, 0.1) is 5.92 Å². The largest absolute Gasteiger partial charge is 0.401 e. The number of hydrogen-bond donors (Lipinski definition) is 2. The van der Waals surface area contributed by atoms with Crippen LogP contribution in [0.2, 0.25) is 0 Å². The third kappa shape index (κ3) is 4.71. The first kappa shape index (κ1) is 25.6. The van der Waals surface area contributed by atoms with Gasteiger partial charge in [-0.3, -0.25) is 4.98 Å². The van der Waals surface area contributed by atoms with Gasteiger partial charge in [0.2, 0.25) is 0 Å². The van der Waals surface area contributed by atoms with Gasteiger partial charge in [0.05, 0.1) is 41.5 Å². The molecule has 1 aromatic carbocycles. The number of benzene rings is 1. The van der Waals surface area contributed by atoms with Crippen LogP contribution in [0.1, 0.15) is 36.9 Å². The maximum Gasteiger partial charge on any atom is 0.153 e. The SMILES string of the molecule is C/C(N)=C(\c1cnc2c3ccnc(N4CCOCC4)c3n(C(c3ccccc3)C3CCOCC3)c2c1)N(C)N. The van der Waals surface area contributed by atoms with Crippen molar-refractivity contribution in [2.45, 2.75) is 25.8 Å². The van der Waals surface area contributed by atoms with E-state index >= 15 is 0 Å². The fourth-order valence-corrected chi connectivity index (χ4v) is 6.28. The van der Waals surface area contributed by atoms with Crippen LogP contribution in [-0.2, 0) is 9.47 Å². The van der Waals surface area contributed by atoms with Crippen molar-refractivity contribution in [3.8, 4) is 0 Å². The molecule has 2 fully saturated rings. The van der Waals surface area contributed by atoms with Crippen molar-refractivity contribution in [3.05, 3.63) is 71.7 Å². The molecule has 1 unspecified atom stereocenters. The fraction of sp³-hybridized carbons (Fsp3) is 0.400. The van der Waals surface area contributed by atoms with Crippen LogP contribution >= 0.6 is 0 Å². The summed E-state index contributed by atoms with van der Waals surface area (Å²) in [7, 11) is 1.81. The Labute approximate surface area is 229 Å². The number of rotatable bonds is 6. The van der Waals surface area contributed by atoms with Crippen molar-refractivity contribution in [2.24, 2.45) is 17.5 Å². The van der Waals surface area contributed by atoms with Gasteiger partial charge in [0.15, 0.2) is 5.82 Å². The summed E-state index contributed by atoms with van der Waals surface area (Å²) >= 11 is 0. The molecule has 0 aliphatic carbocycles. The van der Waals surface area contributed by atoms with Crippen LogP contribution in [0.25, 0.3) is 27.6 Å². The van der Waals surface area contributed by atoms with Crippen LogP contribution in [0.4, 0.5) is 5.82 Å². The first-order chi connectivity index (χ1) is 19.0. The van der Waals surface area contributed by atoms with Crippen LogP contribution in [0.15, 0.2) is 60.6 Å². The number of morpholine rings is 1. The molecule has 4 N–H and O–H groups in total. The topological polar surface area (TPSA) is 108 Å². The summed E-state index contributed by atoms with van der Waals surface area (Å²) in [5, 5.41) is 2.66. The number of hydrogen-bond acceptors (Lipinski definition) is 8. The molecule has 9 heteroatoms. The van der Waals surface area contributed by atoms with E-state index in [4.69, 9.17) is 31.0 Å². The van der Waals surface area contributed by atoms with E-state index in [1.54, 1.807) is 12.1 Å². The van der Waals surface area contributed by atoms with E-state index in [1.807, 2.05) is 19.3 Å². The summed E-state index contributed by atoms with van der Waals surface area (Å²) in [5.74, 6) is 7.60. The third-order valence-corrected chi connectivity index (χ3v) is 7.97. The van der Waals surface area contributed by atoms with E-state index in [0.717, 1.165) is 78.2 Å². The molecule has 0 bridgehead atoms. The van der Waals surface area contributed by atoms with E-state index in [0.29, 0.717) is 24.8 Å². The number of ether oxygens (including phenoxy) is 2. The minimum atomic E-state index is 0.0816. The van der Waals surface area contributed by atoms with Gasteiger partial charge in [-0.25, -0.2) is 10.8 Å². The quantitative estimate of drug-likeness (QED) is 0.287. The number of anilines is 1. The number of aromatic nitrogens is 3. The third-order valence-electron chi connectivity index (χ3n) is 7.97. The molecule has 0 amide bonds. The number of nitrogens with zero attached hydrogens (tertiary/aromatic N) is 5. The lowest BCUT2D eigenvalue weighted by molar-refractivity contribution is 0.0552. The minimum absolute atomic E-state index is 0.0816. The molecule has 2 aliphatic rings. The molecule has 1 atom stereocenters. The predicted molar refractivity (Wildman–Crippen MR) is 155 cm³/mol. The van der Waals surface area contributed by atoms with Gasteiger partial charge in [-0.1, -0.05) is 30.3 Å². The van der Waals surface area contributed by atoms with Gasteiger partial charge in [-0.2, -0.15) is 0 Å². The Morgan fingerprint density at radius 2 is 1.74 bits per heavy atom. The molecule has 0 spiro atoms. The Morgan fingerprint density at radius 1 is 1.03 bits per heavy atom. The van der Waals surface area contributed by atoms with Crippen molar-refractivity contribution >= 4 is 33.5 Å². The summed E-state index contributed by atoms with van der Waals surface area (Å²) in [6.45, 7) is 6.38. The molecule has 0 radical (unpaired) electrons. The van der Waals surface area contributed by atoms with Crippen molar-refractivity contribution in [1.29, 1.82) is 0 Å². The van der Waals surface area contributed by atoms with Gasteiger partial charge in [0.25, 0.3) is 0 Å². The maximum absolute atomic E-state index is 6.30. The second kappa shape index (κ2) is 10.8. The highest BCUT2D eigenvalue weighted by atomic mass is 16.5. The Bertz CT molecular complexity index is 1480. The molecule has 204 valence electrons. The van der Waals surface area contributed by atoms with E-state index in [9.17, 15) is 0 Å². The molecule has 6 rings (SSSR count). The van der Waals surface area contributed by atoms with Gasteiger partial charge < -0.3 is 29.7 Å². The number of allylic oxidation sites excluding steroid dienone is 1. The van der Waals surface area contributed by atoms with E-state index in [2.05, 4.69) is 51.9 Å². The number of nitrogens with two attached hydrogens (primary N) is 2. The predicted octanol–water partition coefficient (Wildman–Crippen LogP) is 3.89. The summed E-state index contributed by atoms with van der Waals surface area (Å²) in [6.07, 6.45) is 5.75. The summed E-state index contributed by atoms with van der Waals surface area (Å²) < 4.78 is 14.0. The first-order valence-electron chi connectivity index (χ1n) is 13.7. The Kier molecular flexibility index (Phi) is 7.12. The monoisotopic (exact) mass is 527 g/mol. The van der Waals surface area contributed by atoms with Crippen LogP contribution in [0.3, 0.4) is 0 Å². The van der Waals surface area contributed by atoms with E-state index < -0.39 is 0 Å². The first-order valence-corrected chi connectivity index (χ1v) is 13.7. The van der Waals surface area contributed by atoms with Crippen molar-refractivity contribution in [1.82, 2.24) is 19.5 Å². The van der Waals surface area contributed by atoms with Crippen molar-refractivity contribution in [2.75, 3.05) is 51.5 Å². The molecule has 0 saturated carbocycles. The fourth-order valence-electron chi connectivity index (χ4n) is 6.28. The summed E-state index contributed by atoms with van der Waals surface area (Å²) in [6, 6.07) is 15.2. The molecule has 5 heterocycles. The number of pyridine rings is 2.